The fraction of sp³-hybridized carbons (Fsp3) is 0.400. The largest absolute Gasteiger partial charge is 0.466 e. The fourth-order valence-electron chi connectivity index (χ4n) is 2.28. The first-order chi connectivity index (χ1) is 8.61. The summed E-state index contributed by atoms with van der Waals surface area (Å²) in [5, 5.41) is 3.50. The lowest BCUT2D eigenvalue weighted by Gasteiger charge is -2.18. The first-order valence-electron chi connectivity index (χ1n) is 6.33. The fourth-order valence-corrected chi connectivity index (χ4v) is 2.28. The van der Waals surface area contributed by atoms with Gasteiger partial charge in [-0.2, -0.15) is 0 Å². The standard InChI is InChI=1S/C15H20N2O/c1-5-17-15(13-6-10(2)8-16-9-13)14-7-11(3)18-12(14)4/h6-9,15,17H,5H2,1-4H3. The van der Waals surface area contributed by atoms with Gasteiger partial charge in [0.25, 0.3) is 0 Å². The van der Waals surface area contributed by atoms with E-state index in [0.29, 0.717) is 0 Å². The Kier molecular flexibility index (Phi) is 3.82. The van der Waals surface area contributed by atoms with Gasteiger partial charge in [-0.05, 0) is 44.5 Å². The van der Waals surface area contributed by atoms with E-state index in [0.717, 1.165) is 18.1 Å². The maximum Gasteiger partial charge on any atom is 0.106 e. The molecule has 1 N–H and O–H groups in total. The summed E-state index contributed by atoms with van der Waals surface area (Å²) in [4.78, 5) is 4.28. The normalized spacial score (nSPS) is 12.7. The van der Waals surface area contributed by atoms with Gasteiger partial charge in [-0.15, -0.1) is 0 Å². The third-order valence-corrected chi connectivity index (χ3v) is 3.03. The molecule has 2 heterocycles. The topological polar surface area (TPSA) is 38.1 Å². The van der Waals surface area contributed by atoms with Crippen molar-refractivity contribution >= 4 is 0 Å². The number of furan rings is 1. The Hall–Kier alpha value is -1.61. The van der Waals surface area contributed by atoms with E-state index < -0.39 is 0 Å². The zero-order chi connectivity index (χ0) is 13.1. The smallest absolute Gasteiger partial charge is 0.106 e. The van der Waals surface area contributed by atoms with Crippen LogP contribution in [0.3, 0.4) is 0 Å². The molecule has 1 atom stereocenters. The average Bonchev–Trinajstić information content (AvgIpc) is 2.65. The molecule has 2 aromatic rings. The van der Waals surface area contributed by atoms with E-state index in [9.17, 15) is 0 Å². The quantitative estimate of drug-likeness (QED) is 0.896. The van der Waals surface area contributed by atoms with Gasteiger partial charge in [0.2, 0.25) is 0 Å². The van der Waals surface area contributed by atoms with Crippen LogP contribution in [0, 0.1) is 20.8 Å². The van der Waals surface area contributed by atoms with Gasteiger partial charge in [-0.25, -0.2) is 0 Å². The van der Waals surface area contributed by atoms with Crippen LogP contribution in [0.5, 0.6) is 0 Å². The average molecular weight is 244 g/mol. The highest BCUT2D eigenvalue weighted by Gasteiger charge is 2.18. The van der Waals surface area contributed by atoms with Gasteiger partial charge in [0.15, 0.2) is 0 Å². The summed E-state index contributed by atoms with van der Waals surface area (Å²) in [5.41, 5.74) is 3.55. The van der Waals surface area contributed by atoms with E-state index in [4.69, 9.17) is 4.42 Å². The highest BCUT2D eigenvalue weighted by atomic mass is 16.3. The second-order valence-electron chi connectivity index (χ2n) is 4.65. The number of hydrogen-bond donors (Lipinski definition) is 1. The number of rotatable bonds is 4. The molecule has 0 aromatic carbocycles. The van der Waals surface area contributed by atoms with Gasteiger partial charge in [0, 0.05) is 18.0 Å². The van der Waals surface area contributed by atoms with Crippen molar-refractivity contribution in [2.24, 2.45) is 0 Å². The maximum absolute atomic E-state index is 5.63. The van der Waals surface area contributed by atoms with Gasteiger partial charge in [0.1, 0.15) is 11.5 Å². The second-order valence-corrected chi connectivity index (χ2v) is 4.65. The van der Waals surface area contributed by atoms with Crippen LogP contribution >= 0.6 is 0 Å². The second kappa shape index (κ2) is 5.36. The molecule has 0 fully saturated rings. The summed E-state index contributed by atoms with van der Waals surface area (Å²) in [7, 11) is 0. The van der Waals surface area contributed by atoms with Crippen LogP contribution < -0.4 is 5.32 Å². The molecule has 0 radical (unpaired) electrons. The van der Waals surface area contributed by atoms with Crippen LogP contribution in [0.15, 0.2) is 28.9 Å². The van der Waals surface area contributed by atoms with E-state index >= 15 is 0 Å². The van der Waals surface area contributed by atoms with Crippen molar-refractivity contribution in [2.45, 2.75) is 33.7 Å². The van der Waals surface area contributed by atoms with Crippen molar-refractivity contribution < 1.29 is 4.42 Å². The predicted octanol–water partition coefficient (Wildman–Crippen LogP) is 3.30. The Labute approximate surface area is 108 Å². The summed E-state index contributed by atoms with van der Waals surface area (Å²) in [6.07, 6.45) is 3.79. The molecule has 2 rings (SSSR count). The Balaban J connectivity index is 2.42. The third kappa shape index (κ3) is 2.62. The zero-order valence-electron chi connectivity index (χ0n) is 11.4. The van der Waals surface area contributed by atoms with Crippen LogP contribution in [0.2, 0.25) is 0 Å². The summed E-state index contributed by atoms with van der Waals surface area (Å²) < 4.78 is 5.63. The molecular weight excluding hydrogens is 224 g/mol. The molecule has 0 saturated heterocycles. The summed E-state index contributed by atoms with van der Waals surface area (Å²) >= 11 is 0. The molecule has 96 valence electrons. The minimum Gasteiger partial charge on any atom is -0.466 e. The Morgan fingerprint density at radius 1 is 1.22 bits per heavy atom. The Morgan fingerprint density at radius 2 is 2.00 bits per heavy atom. The molecule has 3 nitrogen and oxygen atoms in total. The van der Waals surface area contributed by atoms with Crippen LogP contribution in [0.1, 0.15) is 41.2 Å². The molecule has 0 bridgehead atoms. The lowest BCUT2D eigenvalue weighted by Crippen LogP contribution is -2.22. The molecule has 0 aliphatic rings. The van der Waals surface area contributed by atoms with E-state index in [-0.39, 0.29) is 6.04 Å². The maximum atomic E-state index is 5.63. The van der Waals surface area contributed by atoms with Gasteiger partial charge >= 0.3 is 0 Å². The summed E-state index contributed by atoms with van der Waals surface area (Å²) in [5.74, 6) is 1.92. The molecule has 2 aromatic heterocycles. The van der Waals surface area contributed by atoms with Crippen molar-refractivity contribution in [3.05, 3.63) is 52.7 Å². The number of pyridine rings is 1. The number of nitrogens with zero attached hydrogens (tertiary/aromatic N) is 1. The van der Waals surface area contributed by atoms with Crippen LogP contribution in [0.25, 0.3) is 0 Å². The van der Waals surface area contributed by atoms with Crippen molar-refractivity contribution in [2.75, 3.05) is 6.54 Å². The van der Waals surface area contributed by atoms with Gasteiger partial charge in [0.05, 0.1) is 6.04 Å². The first-order valence-corrected chi connectivity index (χ1v) is 6.33. The van der Waals surface area contributed by atoms with E-state index in [1.807, 2.05) is 26.2 Å². The molecule has 0 amide bonds. The van der Waals surface area contributed by atoms with E-state index in [1.54, 1.807) is 0 Å². The SMILES string of the molecule is CCNC(c1cncc(C)c1)c1cc(C)oc1C. The molecule has 1 unspecified atom stereocenters. The monoisotopic (exact) mass is 244 g/mol. The van der Waals surface area contributed by atoms with Crippen LogP contribution in [-0.2, 0) is 0 Å². The first kappa shape index (κ1) is 12.8. The highest BCUT2D eigenvalue weighted by Crippen LogP contribution is 2.27. The van der Waals surface area contributed by atoms with Gasteiger partial charge < -0.3 is 9.73 Å². The van der Waals surface area contributed by atoms with Crippen molar-refractivity contribution in [3.63, 3.8) is 0 Å². The third-order valence-electron chi connectivity index (χ3n) is 3.03. The summed E-state index contributed by atoms with van der Waals surface area (Å²) in [6, 6.07) is 4.42. The minimum atomic E-state index is 0.153. The molecule has 0 aliphatic carbocycles. The number of aryl methyl sites for hydroxylation is 3. The van der Waals surface area contributed by atoms with E-state index in [2.05, 4.69) is 36.3 Å². The van der Waals surface area contributed by atoms with Crippen LogP contribution in [0.4, 0.5) is 0 Å². The number of aromatic nitrogens is 1. The molecular formula is C15H20N2O. The predicted molar refractivity (Wildman–Crippen MR) is 72.7 cm³/mol. The van der Waals surface area contributed by atoms with Crippen LogP contribution in [-0.4, -0.2) is 11.5 Å². The minimum absolute atomic E-state index is 0.153. The lowest BCUT2D eigenvalue weighted by atomic mass is 9.99. The van der Waals surface area contributed by atoms with Gasteiger partial charge in [-0.3, -0.25) is 4.98 Å². The van der Waals surface area contributed by atoms with Crippen molar-refractivity contribution in [3.8, 4) is 0 Å². The Morgan fingerprint density at radius 3 is 2.56 bits per heavy atom. The summed E-state index contributed by atoms with van der Waals surface area (Å²) in [6.45, 7) is 9.07. The Bertz CT molecular complexity index is 531. The molecule has 0 saturated carbocycles. The molecule has 0 aliphatic heterocycles. The molecule has 0 spiro atoms. The van der Waals surface area contributed by atoms with Crippen molar-refractivity contribution in [1.82, 2.24) is 10.3 Å². The molecule has 3 heteroatoms. The van der Waals surface area contributed by atoms with Crippen molar-refractivity contribution in [1.29, 1.82) is 0 Å². The number of nitrogens with one attached hydrogen (secondary N) is 1. The highest BCUT2D eigenvalue weighted by molar-refractivity contribution is 5.34. The van der Waals surface area contributed by atoms with E-state index in [1.165, 1.54) is 16.7 Å². The molecule has 18 heavy (non-hydrogen) atoms. The zero-order valence-corrected chi connectivity index (χ0v) is 11.4. The van der Waals surface area contributed by atoms with Gasteiger partial charge in [-0.1, -0.05) is 13.0 Å². The lowest BCUT2D eigenvalue weighted by molar-refractivity contribution is 0.495. The number of hydrogen-bond acceptors (Lipinski definition) is 3.